The second-order valence-corrected chi connectivity index (χ2v) is 14.7. The highest BCUT2D eigenvalue weighted by Gasteiger charge is 2.57. The summed E-state index contributed by atoms with van der Waals surface area (Å²) in [6.45, 7) is 6.69. The summed E-state index contributed by atoms with van der Waals surface area (Å²) >= 11 is 0. The topological polar surface area (TPSA) is 151 Å². The molecule has 0 heterocycles. The summed E-state index contributed by atoms with van der Waals surface area (Å²) in [5, 5.41) is 13.2. The number of nitrogens with two attached hydrogens (primary N) is 1. The number of carboxylic acids is 1. The molecule has 0 radical (unpaired) electrons. The number of fused-ring (bicyclic) bond motifs is 2. The molecule has 3 aliphatic carbocycles. The van der Waals surface area contributed by atoms with Crippen LogP contribution in [0.5, 0.6) is 0 Å². The first-order valence-corrected chi connectivity index (χ1v) is 17.1. The standard InChI is InChI=1S/C31H50N4O5S/c1-4-16-31(19-23-12-15-25(31)28(23)20(2)3)33-29(36)26(17-21-8-6-5-7-9-21)34-41(39,40)35-27(30(37)38)18-22-10-13-24(32)14-11-22/h10-11,13-14,20-21,23,25-28,34-35H,4-9,12,15-19,32H2,1-3H3,(H,33,36)(H,37,38)/t23-,25?,26+,27+,28?,31+/m1/s1. The molecule has 0 saturated heterocycles. The maximum absolute atomic E-state index is 14.0. The molecule has 4 rings (SSSR count). The number of hydrogen-bond donors (Lipinski definition) is 5. The lowest BCUT2D eigenvalue weighted by Crippen LogP contribution is -2.60. The van der Waals surface area contributed by atoms with E-state index in [4.69, 9.17) is 5.73 Å². The van der Waals surface area contributed by atoms with Crippen molar-refractivity contribution in [3.63, 3.8) is 0 Å². The molecule has 0 aliphatic heterocycles. The summed E-state index contributed by atoms with van der Waals surface area (Å²) in [6.07, 6.45) is 10.7. The number of nitrogen functional groups attached to an aromatic ring is 1. The quantitative estimate of drug-likeness (QED) is 0.203. The molecule has 41 heavy (non-hydrogen) atoms. The number of amides is 1. The molecule has 6 N–H and O–H groups in total. The van der Waals surface area contributed by atoms with Crippen LogP contribution in [0.3, 0.4) is 0 Å². The molecule has 10 heteroatoms. The Balaban J connectivity index is 1.52. The summed E-state index contributed by atoms with van der Waals surface area (Å²) < 4.78 is 31.6. The van der Waals surface area contributed by atoms with Crippen LogP contribution in [0.4, 0.5) is 5.69 Å². The van der Waals surface area contributed by atoms with Crippen molar-refractivity contribution in [1.29, 1.82) is 0 Å². The third kappa shape index (κ3) is 7.82. The van der Waals surface area contributed by atoms with Gasteiger partial charge >= 0.3 is 5.97 Å². The number of aliphatic carboxylic acids is 1. The average molecular weight is 591 g/mol. The Labute approximate surface area is 246 Å². The van der Waals surface area contributed by atoms with Crippen LogP contribution < -0.4 is 20.5 Å². The van der Waals surface area contributed by atoms with Gasteiger partial charge in [0.15, 0.2) is 0 Å². The van der Waals surface area contributed by atoms with E-state index < -0.39 is 28.3 Å². The predicted octanol–water partition coefficient (Wildman–Crippen LogP) is 4.38. The van der Waals surface area contributed by atoms with E-state index in [1.54, 1.807) is 24.3 Å². The molecule has 3 aliphatic rings. The van der Waals surface area contributed by atoms with E-state index in [2.05, 4.69) is 35.5 Å². The minimum atomic E-state index is -4.32. The molecule has 1 aromatic carbocycles. The van der Waals surface area contributed by atoms with Gasteiger partial charge < -0.3 is 16.2 Å². The number of carboxylic acid groups (broad SMARTS) is 1. The van der Waals surface area contributed by atoms with Gasteiger partial charge in [-0.2, -0.15) is 17.9 Å². The number of carbonyl (C=O) groups excluding carboxylic acids is 1. The van der Waals surface area contributed by atoms with Crippen LogP contribution >= 0.6 is 0 Å². The van der Waals surface area contributed by atoms with Gasteiger partial charge in [0.25, 0.3) is 10.2 Å². The minimum Gasteiger partial charge on any atom is -0.480 e. The number of anilines is 1. The second kappa shape index (κ2) is 13.4. The fourth-order valence-corrected chi connectivity index (χ4v) is 9.54. The smallest absolute Gasteiger partial charge is 0.322 e. The van der Waals surface area contributed by atoms with Crippen molar-refractivity contribution < 1.29 is 23.1 Å². The Morgan fingerprint density at radius 3 is 2.27 bits per heavy atom. The van der Waals surface area contributed by atoms with Gasteiger partial charge in [0, 0.05) is 11.2 Å². The van der Waals surface area contributed by atoms with Gasteiger partial charge in [0.1, 0.15) is 12.1 Å². The first-order chi connectivity index (χ1) is 19.4. The first-order valence-electron chi connectivity index (χ1n) is 15.6. The molecular formula is C31H50N4O5S. The zero-order chi connectivity index (χ0) is 29.8. The molecular weight excluding hydrogens is 540 g/mol. The molecule has 3 fully saturated rings. The second-order valence-electron chi connectivity index (χ2n) is 13.2. The molecule has 9 nitrogen and oxygen atoms in total. The van der Waals surface area contributed by atoms with Crippen molar-refractivity contribution in [3.05, 3.63) is 29.8 Å². The largest absolute Gasteiger partial charge is 0.480 e. The fourth-order valence-electron chi connectivity index (χ4n) is 8.33. The first kappa shape index (κ1) is 31.8. The average Bonchev–Trinajstić information content (AvgIpc) is 3.46. The molecule has 0 aromatic heterocycles. The van der Waals surface area contributed by atoms with Gasteiger partial charge in [0.2, 0.25) is 5.91 Å². The number of carbonyl (C=O) groups is 2. The van der Waals surface area contributed by atoms with Crippen LogP contribution in [0, 0.1) is 29.6 Å². The van der Waals surface area contributed by atoms with Crippen LogP contribution in [0.25, 0.3) is 0 Å². The maximum atomic E-state index is 14.0. The van der Waals surface area contributed by atoms with E-state index in [-0.39, 0.29) is 23.8 Å². The zero-order valence-corrected chi connectivity index (χ0v) is 25.7. The van der Waals surface area contributed by atoms with E-state index in [1.807, 2.05) is 0 Å². The van der Waals surface area contributed by atoms with Crippen LogP contribution in [0.2, 0.25) is 0 Å². The molecule has 0 spiro atoms. The van der Waals surface area contributed by atoms with Crippen molar-refractivity contribution >= 4 is 27.8 Å². The number of nitrogens with one attached hydrogen (secondary N) is 3. The lowest BCUT2D eigenvalue weighted by molar-refractivity contribution is -0.138. The Morgan fingerprint density at radius 2 is 1.68 bits per heavy atom. The fraction of sp³-hybridized carbons (Fsp3) is 0.742. The van der Waals surface area contributed by atoms with Gasteiger partial charge in [-0.25, -0.2) is 0 Å². The normalized spacial score (nSPS) is 28.0. The number of hydrogen-bond acceptors (Lipinski definition) is 5. The van der Waals surface area contributed by atoms with Crippen LogP contribution in [-0.4, -0.2) is 43.0 Å². The van der Waals surface area contributed by atoms with Gasteiger partial charge in [0.05, 0.1) is 0 Å². The highest BCUT2D eigenvalue weighted by Crippen LogP contribution is 2.58. The van der Waals surface area contributed by atoms with E-state index in [9.17, 15) is 23.1 Å². The van der Waals surface area contributed by atoms with Crippen molar-refractivity contribution in [2.24, 2.45) is 29.6 Å². The molecule has 3 saturated carbocycles. The van der Waals surface area contributed by atoms with Crippen molar-refractivity contribution in [2.75, 3.05) is 5.73 Å². The highest BCUT2D eigenvalue weighted by molar-refractivity contribution is 7.87. The summed E-state index contributed by atoms with van der Waals surface area (Å²) in [7, 11) is -4.32. The van der Waals surface area contributed by atoms with Gasteiger partial charge in [-0.1, -0.05) is 71.4 Å². The van der Waals surface area contributed by atoms with Gasteiger partial charge in [-0.15, -0.1) is 0 Å². The van der Waals surface area contributed by atoms with E-state index in [0.29, 0.717) is 41.3 Å². The third-order valence-corrected chi connectivity index (χ3v) is 11.1. The summed E-state index contributed by atoms with van der Waals surface area (Å²) in [5.41, 5.74) is 6.60. The Bertz CT molecular complexity index is 1150. The molecule has 1 aromatic rings. The minimum absolute atomic E-state index is 0.0463. The van der Waals surface area contributed by atoms with Crippen LogP contribution in [0.1, 0.15) is 97.0 Å². The van der Waals surface area contributed by atoms with E-state index in [1.165, 1.54) is 6.42 Å². The number of benzene rings is 1. The van der Waals surface area contributed by atoms with Crippen molar-refractivity contribution in [1.82, 2.24) is 14.8 Å². The Kier molecular flexibility index (Phi) is 10.4. The van der Waals surface area contributed by atoms with Crippen LogP contribution in [0.15, 0.2) is 24.3 Å². The molecule has 2 unspecified atom stereocenters. The molecule has 230 valence electrons. The van der Waals surface area contributed by atoms with E-state index in [0.717, 1.165) is 57.8 Å². The van der Waals surface area contributed by atoms with Gasteiger partial charge in [-0.3, -0.25) is 9.59 Å². The monoisotopic (exact) mass is 590 g/mol. The Hall–Kier alpha value is -2.17. The lowest BCUT2D eigenvalue weighted by atomic mass is 9.75. The lowest BCUT2D eigenvalue weighted by Gasteiger charge is -2.41. The van der Waals surface area contributed by atoms with Gasteiger partial charge in [-0.05, 0) is 85.8 Å². The third-order valence-electron chi connectivity index (χ3n) is 9.95. The SMILES string of the molecule is CCC[C@]1(NC(=O)[C@H](CC2CCCCC2)NS(=O)(=O)N[C@@H](Cc2ccc(N)cc2)C(=O)O)C[C@H]2CCC1C2C(C)C. The molecule has 6 atom stereocenters. The molecule has 1 amide bonds. The van der Waals surface area contributed by atoms with E-state index >= 15 is 0 Å². The van der Waals surface area contributed by atoms with Crippen LogP contribution in [-0.2, 0) is 26.2 Å². The molecule has 2 bridgehead atoms. The maximum Gasteiger partial charge on any atom is 0.322 e. The summed E-state index contributed by atoms with van der Waals surface area (Å²) in [6, 6.07) is 4.30. The zero-order valence-electron chi connectivity index (χ0n) is 24.9. The predicted molar refractivity (Wildman–Crippen MR) is 161 cm³/mol. The Morgan fingerprint density at radius 1 is 1.02 bits per heavy atom. The highest BCUT2D eigenvalue weighted by atomic mass is 32.2. The van der Waals surface area contributed by atoms with Crippen molar-refractivity contribution in [3.8, 4) is 0 Å². The summed E-state index contributed by atoms with van der Waals surface area (Å²) in [4.78, 5) is 26.1. The summed E-state index contributed by atoms with van der Waals surface area (Å²) in [5.74, 6) is 0.778. The van der Waals surface area contributed by atoms with Crippen molar-refractivity contribution in [2.45, 2.75) is 115 Å². The number of rotatable bonds is 14.